The third kappa shape index (κ3) is 5.72. The maximum atomic E-state index is 14.7. The number of β-lactam (4-membered cyclic amide) rings is 1. The summed E-state index contributed by atoms with van der Waals surface area (Å²) in [5.41, 5.74) is 13.2. The average molecular weight is 663 g/mol. The lowest BCUT2D eigenvalue weighted by Crippen LogP contribution is -2.63. The lowest BCUT2D eigenvalue weighted by molar-refractivity contribution is -0.687. The number of oxime groups is 1. The molecule has 3 aromatic heterocycles. The molecule has 1 aromatic carbocycles. The fourth-order valence-electron chi connectivity index (χ4n) is 5.63. The predicted molar refractivity (Wildman–Crippen MR) is 167 cm³/mol. The lowest BCUT2D eigenvalue weighted by atomic mass is 9.89. The van der Waals surface area contributed by atoms with Crippen molar-refractivity contribution in [3.63, 3.8) is 0 Å². The van der Waals surface area contributed by atoms with Gasteiger partial charge in [-0.2, -0.15) is 0 Å². The summed E-state index contributed by atoms with van der Waals surface area (Å²) in [7, 11) is 1.29. The highest BCUT2D eigenvalue weighted by Crippen LogP contribution is 2.45. The number of nitrogens with one attached hydrogen (secondary N) is 1. The molecule has 4 aromatic rings. The van der Waals surface area contributed by atoms with Crippen LogP contribution in [-0.4, -0.2) is 61.9 Å². The van der Waals surface area contributed by atoms with Gasteiger partial charge in [-0.1, -0.05) is 17.3 Å². The highest BCUT2D eigenvalue weighted by atomic mass is 32.2. The summed E-state index contributed by atoms with van der Waals surface area (Å²) >= 11 is 2.51. The molecule has 0 unspecified atom stereocenters. The molecule has 0 bridgehead atoms. The summed E-state index contributed by atoms with van der Waals surface area (Å²) < 4.78 is 18.3. The van der Waals surface area contributed by atoms with Gasteiger partial charge < -0.3 is 30.8 Å². The first kappa shape index (κ1) is 30.9. The highest BCUT2D eigenvalue weighted by Gasteiger charge is 2.53. The van der Waals surface area contributed by atoms with Gasteiger partial charge in [0.2, 0.25) is 5.91 Å². The van der Waals surface area contributed by atoms with Gasteiger partial charge in [0.05, 0.1) is 40.4 Å². The number of hydrogen-bond acceptors (Lipinski definition) is 11. The van der Waals surface area contributed by atoms with E-state index in [1.807, 2.05) is 33.7 Å². The van der Waals surface area contributed by atoms with Crippen molar-refractivity contribution in [3.05, 3.63) is 88.2 Å². The van der Waals surface area contributed by atoms with Crippen LogP contribution >= 0.6 is 23.1 Å². The smallest absolute Gasteiger partial charge is 0.234 e. The number of carbonyl (C=O) groups is 3. The average Bonchev–Trinajstić information content (AvgIpc) is 3.64. The summed E-state index contributed by atoms with van der Waals surface area (Å²) in [6.45, 7) is 0.446. The van der Waals surface area contributed by atoms with Crippen LogP contribution in [0, 0.1) is 17.1 Å². The topological polar surface area (TPSA) is 197 Å². The standard InChI is InChI=1S/C30H27FN8O5S2/c1-44-36-24(21-14-46-30(34)35-21)23(40)9-19-27(41)39-25(29(42)43)18(13-45-28(19)39)11-37-6-5-22-17(10-37)4-7-38(22)12-16-3-2-15(26(32)33)8-20(16)31/h2-8,10,14,19,28H,9,11-13H2,1H3,(H5-,32,33,34,35,42,43)/b36-24-/t19-,28-/m1/s1. The van der Waals surface area contributed by atoms with E-state index in [4.69, 9.17) is 21.7 Å². The van der Waals surface area contributed by atoms with Crippen LogP contribution in [0.15, 0.2) is 70.7 Å². The van der Waals surface area contributed by atoms with Crippen molar-refractivity contribution in [1.29, 1.82) is 5.41 Å². The number of nitrogens with zero attached hydrogens (tertiary/aromatic N) is 5. The molecule has 5 heterocycles. The van der Waals surface area contributed by atoms with Crippen LogP contribution < -0.4 is 21.1 Å². The number of thiazole rings is 1. The van der Waals surface area contributed by atoms with Crippen LogP contribution in [0.5, 0.6) is 0 Å². The van der Waals surface area contributed by atoms with E-state index in [-0.39, 0.29) is 47.6 Å². The first-order valence-electron chi connectivity index (χ1n) is 13.9. The number of nitrogen functional groups attached to an aromatic ring is 2. The summed E-state index contributed by atoms with van der Waals surface area (Å²) in [4.78, 5) is 48.8. The van der Waals surface area contributed by atoms with Crippen LogP contribution in [-0.2, 0) is 32.3 Å². The number of thioether (sulfide) groups is 1. The van der Waals surface area contributed by atoms with E-state index >= 15 is 0 Å². The molecule has 1 amide bonds. The van der Waals surface area contributed by atoms with Crippen molar-refractivity contribution in [3.8, 4) is 0 Å². The first-order chi connectivity index (χ1) is 22.0. The number of anilines is 1. The fraction of sp³-hybridized carbons (Fsp3) is 0.233. The van der Waals surface area contributed by atoms with Gasteiger partial charge in [-0.3, -0.25) is 19.9 Å². The van der Waals surface area contributed by atoms with Crippen molar-refractivity contribution >= 4 is 68.3 Å². The Morgan fingerprint density at radius 2 is 2.11 bits per heavy atom. The minimum absolute atomic E-state index is 0.0597. The van der Waals surface area contributed by atoms with E-state index in [0.717, 1.165) is 22.2 Å². The third-order valence-corrected chi connectivity index (χ3v) is 9.88. The van der Waals surface area contributed by atoms with Gasteiger partial charge in [-0.15, -0.1) is 23.1 Å². The van der Waals surface area contributed by atoms with Crippen molar-refractivity contribution in [2.24, 2.45) is 16.8 Å². The zero-order chi connectivity index (χ0) is 32.7. The molecule has 1 fully saturated rings. The maximum absolute atomic E-state index is 14.7. The summed E-state index contributed by atoms with van der Waals surface area (Å²) in [5, 5.41) is 25.7. The highest BCUT2D eigenvalue weighted by molar-refractivity contribution is 8.00. The van der Waals surface area contributed by atoms with Gasteiger partial charge in [-0.25, -0.2) is 13.9 Å². The molecule has 13 nitrogen and oxygen atoms in total. The van der Waals surface area contributed by atoms with Gasteiger partial charge in [0, 0.05) is 46.5 Å². The predicted octanol–water partition coefficient (Wildman–Crippen LogP) is 0.984. The van der Waals surface area contributed by atoms with Crippen molar-refractivity contribution in [1.82, 2.24) is 14.5 Å². The number of Topliss-reactive ketones (excluding diaryl/α,β-unsaturated/α-hetero) is 1. The molecule has 0 radical (unpaired) electrons. The molecule has 5 N–H and O–H groups in total. The lowest BCUT2D eigenvalue weighted by Gasteiger charge is -2.50. The van der Waals surface area contributed by atoms with E-state index in [2.05, 4.69) is 10.1 Å². The van der Waals surface area contributed by atoms with Gasteiger partial charge in [0.25, 0.3) is 0 Å². The van der Waals surface area contributed by atoms with E-state index in [9.17, 15) is 23.9 Å². The molecule has 2 aliphatic rings. The number of nitrogens with two attached hydrogens (primary N) is 2. The molecule has 46 heavy (non-hydrogen) atoms. The second kappa shape index (κ2) is 12.4. The molecule has 0 aliphatic carbocycles. The Bertz CT molecular complexity index is 1990. The van der Waals surface area contributed by atoms with Crippen molar-refractivity contribution in [2.75, 3.05) is 18.6 Å². The van der Waals surface area contributed by atoms with Crippen LogP contribution in [0.4, 0.5) is 9.52 Å². The number of aliphatic carboxylic acids is 1. The number of fused-ring (bicyclic) bond motifs is 2. The van der Waals surface area contributed by atoms with Gasteiger partial charge >= 0.3 is 0 Å². The number of benzene rings is 1. The van der Waals surface area contributed by atoms with E-state index in [1.165, 1.54) is 29.8 Å². The van der Waals surface area contributed by atoms with Crippen molar-refractivity contribution < 1.29 is 33.3 Å². The van der Waals surface area contributed by atoms with Crippen LogP contribution in [0.1, 0.15) is 23.2 Å². The molecule has 236 valence electrons. The molecular weight excluding hydrogens is 636 g/mol. The number of halogens is 1. The Kier molecular flexibility index (Phi) is 8.31. The molecular formula is C30H27FN8O5S2. The fourth-order valence-corrected chi connectivity index (χ4v) is 7.58. The quantitative estimate of drug-likeness (QED) is 0.0689. The molecule has 0 spiro atoms. The second-order valence-electron chi connectivity index (χ2n) is 10.7. The number of carbonyl (C=O) groups excluding carboxylic acids is 3. The number of rotatable bonds is 11. The summed E-state index contributed by atoms with van der Waals surface area (Å²) in [6, 6.07) is 8.16. The van der Waals surface area contributed by atoms with E-state index < -0.39 is 34.8 Å². The number of carboxylic acids is 1. The minimum atomic E-state index is -1.47. The number of ketones is 1. The van der Waals surface area contributed by atoms with Gasteiger partial charge in [-0.05, 0) is 12.1 Å². The number of pyridine rings is 1. The molecule has 6 rings (SSSR count). The Labute approximate surface area is 269 Å². The molecule has 1 saturated heterocycles. The molecule has 0 saturated carbocycles. The van der Waals surface area contributed by atoms with E-state index in [1.54, 1.807) is 23.7 Å². The van der Waals surface area contributed by atoms with E-state index in [0.29, 0.717) is 22.5 Å². The third-order valence-electron chi connectivity index (χ3n) is 7.81. The Morgan fingerprint density at radius 1 is 1.30 bits per heavy atom. The molecule has 2 atom stereocenters. The maximum Gasteiger partial charge on any atom is 0.234 e. The van der Waals surface area contributed by atoms with Crippen LogP contribution in [0.25, 0.3) is 10.9 Å². The number of aromatic nitrogens is 3. The molecule has 2 aliphatic heterocycles. The first-order valence-corrected chi connectivity index (χ1v) is 15.8. The number of amides is 1. The zero-order valence-corrected chi connectivity index (χ0v) is 25.9. The number of carboxylic acid groups (broad SMARTS) is 1. The Balaban J connectivity index is 1.18. The SMILES string of the molecule is CO/N=C(\C(=O)C[C@@H]1C(=O)N2C(C(=O)[O-])=C(C[n+]3ccc4c(ccn4Cc4ccc(C(=N)N)cc4F)c3)CS[C@H]12)c1csc(N)n1. The number of amidine groups is 1. The Morgan fingerprint density at radius 3 is 2.78 bits per heavy atom. The minimum Gasteiger partial charge on any atom is -0.543 e. The second-order valence-corrected chi connectivity index (χ2v) is 12.7. The van der Waals surface area contributed by atoms with Crippen LogP contribution in [0.2, 0.25) is 0 Å². The normalized spacial score (nSPS) is 18.0. The summed E-state index contributed by atoms with van der Waals surface area (Å²) in [6.07, 6.45) is 5.26. The monoisotopic (exact) mass is 662 g/mol. The van der Waals surface area contributed by atoms with Gasteiger partial charge in [0.15, 0.2) is 35.6 Å². The largest absolute Gasteiger partial charge is 0.543 e. The Hall–Kier alpha value is -5.09. The van der Waals surface area contributed by atoms with Crippen molar-refractivity contribution in [2.45, 2.75) is 24.9 Å². The molecule has 16 heteroatoms. The summed E-state index contributed by atoms with van der Waals surface area (Å²) in [5.74, 6) is -3.54. The number of hydrogen-bond donors (Lipinski definition) is 3. The van der Waals surface area contributed by atoms with Gasteiger partial charge in [0.1, 0.15) is 24.5 Å². The van der Waals surface area contributed by atoms with Crippen LogP contribution in [0.3, 0.4) is 0 Å². The zero-order valence-electron chi connectivity index (χ0n) is 24.3.